The zero-order valence-corrected chi connectivity index (χ0v) is 18.6. The van der Waals surface area contributed by atoms with Crippen LogP contribution in [0.2, 0.25) is 0 Å². The van der Waals surface area contributed by atoms with Crippen LogP contribution in [0.5, 0.6) is 5.75 Å². The summed E-state index contributed by atoms with van der Waals surface area (Å²) in [6, 6.07) is 2.45. The number of carbonyl (C=O) groups is 1. The minimum Gasteiger partial charge on any atom is -0.495 e. The number of benzene rings is 1. The SMILES string of the molecule is COc1cc(C(F)(F)F)cnc1[C@@H](C)N(C)C(=O)c1cc2c(cc1F)nc(N)c1cnn(C)c12. The molecule has 0 unspecified atom stereocenters. The van der Waals surface area contributed by atoms with Gasteiger partial charge in [0.2, 0.25) is 0 Å². The standard InChI is InChI=1S/C22H20F4N6O2/c1-10(18-17(34-4)5-11(8-28-18)22(24,25)26)31(2)21(33)12-6-13-16(7-15(12)23)30-20(27)14-9-29-32(3)19(13)14/h5-10H,1-4H3,(H2,27,30)/t10-/m1/s1. The number of fused-ring (bicyclic) bond motifs is 3. The molecular formula is C22H20F4N6O2. The van der Waals surface area contributed by atoms with Gasteiger partial charge >= 0.3 is 6.18 Å². The lowest BCUT2D eigenvalue weighted by Gasteiger charge is -2.26. The third-order valence-electron chi connectivity index (χ3n) is 5.75. The molecule has 1 amide bonds. The van der Waals surface area contributed by atoms with Crippen LogP contribution in [0.3, 0.4) is 0 Å². The molecule has 8 nitrogen and oxygen atoms in total. The van der Waals surface area contributed by atoms with Crippen LogP contribution < -0.4 is 10.5 Å². The van der Waals surface area contributed by atoms with E-state index in [1.54, 1.807) is 18.7 Å². The van der Waals surface area contributed by atoms with E-state index in [0.29, 0.717) is 22.5 Å². The van der Waals surface area contributed by atoms with Crippen molar-refractivity contribution >= 4 is 33.5 Å². The molecule has 0 aliphatic heterocycles. The zero-order chi connectivity index (χ0) is 24.9. The number of alkyl halides is 3. The second-order valence-corrected chi connectivity index (χ2v) is 7.78. The number of halogens is 4. The maximum atomic E-state index is 15.0. The Morgan fingerprint density at radius 3 is 2.56 bits per heavy atom. The highest BCUT2D eigenvalue weighted by Crippen LogP contribution is 2.35. The molecule has 0 aliphatic carbocycles. The third kappa shape index (κ3) is 3.74. The van der Waals surface area contributed by atoms with E-state index in [0.717, 1.165) is 12.1 Å². The number of pyridine rings is 2. The van der Waals surface area contributed by atoms with Gasteiger partial charge in [-0.2, -0.15) is 18.3 Å². The van der Waals surface area contributed by atoms with E-state index >= 15 is 0 Å². The summed E-state index contributed by atoms with van der Waals surface area (Å²) in [4.78, 5) is 22.5. The summed E-state index contributed by atoms with van der Waals surface area (Å²) in [5.74, 6) is -1.49. The molecule has 0 radical (unpaired) electrons. The molecule has 3 aromatic heterocycles. The summed E-state index contributed by atoms with van der Waals surface area (Å²) in [6.45, 7) is 1.55. The van der Waals surface area contributed by atoms with Gasteiger partial charge in [-0.25, -0.2) is 9.37 Å². The zero-order valence-electron chi connectivity index (χ0n) is 18.6. The normalized spacial score (nSPS) is 12.8. The molecule has 178 valence electrons. The molecule has 3 heterocycles. The number of ether oxygens (including phenoxy) is 1. The highest BCUT2D eigenvalue weighted by molar-refractivity contribution is 6.10. The number of hydrogen-bond acceptors (Lipinski definition) is 6. The van der Waals surface area contributed by atoms with Crippen LogP contribution in [0.15, 0.2) is 30.6 Å². The molecule has 1 atom stereocenters. The van der Waals surface area contributed by atoms with Crippen LogP contribution in [0.25, 0.3) is 21.8 Å². The predicted molar refractivity (Wildman–Crippen MR) is 117 cm³/mol. The van der Waals surface area contributed by atoms with E-state index < -0.39 is 29.5 Å². The van der Waals surface area contributed by atoms with Gasteiger partial charge < -0.3 is 15.4 Å². The lowest BCUT2D eigenvalue weighted by atomic mass is 10.1. The number of aromatic nitrogens is 4. The van der Waals surface area contributed by atoms with Crippen molar-refractivity contribution in [1.82, 2.24) is 24.6 Å². The number of hydrogen-bond donors (Lipinski definition) is 1. The van der Waals surface area contributed by atoms with Gasteiger partial charge in [0.15, 0.2) is 0 Å². The Kier molecular flexibility index (Phi) is 5.54. The van der Waals surface area contributed by atoms with E-state index in [1.165, 1.54) is 31.3 Å². The van der Waals surface area contributed by atoms with Gasteiger partial charge in [0.25, 0.3) is 5.91 Å². The monoisotopic (exact) mass is 476 g/mol. The van der Waals surface area contributed by atoms with E-state index in [4.69, 9.17) is 10.5 Å². The molecule has 0 spiro atoms. The minimum atomic E-state index is -4.60. The smallest absolute Gasteiger partial charge is 0.418 e. The van der Waals surface area contributed by atoms with Crippen LogP contribution in [-0.2, 0) is 13.2 Å². The Morgan fingerprint density at radius 1 is 1.21 bits per heavy atom. The van der Waals surface area contributed by atoms with Gasteiger partial charge in [0.05, 0.1) is 46.9 Å². The van der Waals surface area contributed by atoms with Crippen molar-refractivity contribution in [3.05, 3.63) is 53.2 Å². The van der Waals surface area contributed by atoms with E-state index in [-0.39, 0.29) is 28.3 Å². The van der Waals surface area contributed by atoms with Crippen molar-refractivity contribution in [3.63, 3.8) is 0 Å². The average Bonchev–Trinajstić information content (AvgIpc) is 3.18. The van der Waals surface area contributed by atoms with Gasteiger partial charge in [-0.1, -0.05) is 0 Å². The number of aryl methyl sites for hydroxylation is 1. The van der Waals surface area contributed by atoms with Gasteiger partial charge in [-0.15, -0.1) is 0 Å². The molecule has 4 aromatic rings. The number of nitrogens with zero attached hydrogens (tertiary/aromatic N) is 5. The second kappa shape index (κ2) is 8.12. The van der Waals surface area contributed by atoms with Crippen LogP contribution >= 0.6 is 0 Å². The van der Waals surface area contributed by atoms with Crippen molar-refractivity contribution in [1.29, 1.82) is 0 Å². The minimum absolute atomic E-state index is 0.0935. The lowest BCUT2D eigenvalue weighted by Crippen LogP contribution is -2.31. The molecule has 4 rings (SSSR count). The molecule has 0 saturated carbocycles. The van der Waals surface area contributed by atoms with Crippen molar-refractivity contribution < 1.29 is 27.1 Å². The summed E-state index contributed by atoms with van der Waals surface area (Å²) in [5, 5.41) is 5.18. The molecule has 0 bridgehead atoms. The van der Waals surface area contributed by atoms with Crippen LogP contribution in [-0.4, -0.2) is 44.7 Å². The summed E-state index contributed by atoms with van der Waals surface area (Å²) in [6.07, 6.45) is -2.41. The molecule has 0 saturated heterocycles. The van der Waals surface area contributed by atoms with Crippen molar-refractivity contribution in [3.8, 4) is 5.75 Å². The molecule has 0 fully saturated rings. The van der Waals surface area contributed by atoms with E-state index in [9.17, 15) is 22.4 Å². The largest absolute Gasteiger partial charge is 0.495 e. The highest BCUT2D eigenvalue weighted by atomic mass is 19.4. The number of amides is 1. The predicted octanol–water partition coefficient (Wildman–Crippen LogP) is 4.10. The Bertz CT molecular complexity index is 1430. The summed E-state index contributed by atoms with van der Waals surface area (Å²) in [5.41, 5.74) is 5.65. The number of rotatable bonds is 4. The fraction of sp³-hybridized carbons (Fsp3) is 0.273. The van der Waals surface area contributed by atoms with Crippen molar-refractivity contribution in [2.24, 2.45) is 7.05 Å². The Labute approximate surface area is 190 Å². The number of nitrogen functional groups attached to an aromatic ring is 1. The van der Waals surface area contributed by atoms with Gasteiger partial charge in [-0.3, -0.25) is 14.5 Å². The number of anilines is 1. The first-order chi connectivity index (χ1) is 15.9. The fourth-order valence-corrected chi connectivity index (χ4v) is 3.78. The van der Waals surface area contributed by atoms with Crippen LogP contribution in [0, 0.1) is 5.82 Å². The van der Waals surface area contributed by atoms with E-state index in [1.807, 2.05) is 0 Å². The Morgan fingerprint density at radius 2 is 1.91 bits per heavy atom. The number of nitrogens with two attached hydrogens (primary N) is 1. The van der Waals surface area contributed by atoms with Crippen LogP contribution in [0.1, 0.15) is 34.6 Å². The van der Waals surface area contributed by atoms with Gasteiger partial charge in [0.1, 0.15) is 23.1 Å². The van der Waals surface area contributed by atoms with Crippen molar-refractivity contribution in [2.75, 3.05) is 19.9 Å². The average molecular weight is 476 g/mol. The molecular weight excluding hydrogens is 456 g/mol. The lowest BCUT2D eigenvalue weighted by molar-refractivity contribution is -0.138. The number of methoxy groups -OCH3 is 1. The third-order valence-corrected chi connectivity index (χ3v) is 5.75. The molecule has 34 heavy (non-hydrogen) atoms. The van der Waals surface area contributed by atoms with Gasteiger partial charge in [0, 0.05) is 31.7 Å². The second-order valence-electron chi connectivity index (χ2n) is 7.78. The first-order valence-corrected chi connectivity index (χ1v) is 10.0. The molecule has 12 heteroatoms. The van der Waals surface area contributed by atoms with Crippen molar-refractivity contribution in [2.45, 2.75) is 19.1 Å². The van der Waals surface area contributed by atoms with E-state index in [2.05, 4.69) is 15.1 Å². The summed E-state index contributed by atoms with van der Waals surface area (Å²) >= 11 is 0. The highest BCUT2D eigenvalue weighted by Gasteiger charge is 2.33. The number of carbonyl (C=O) groups excluding carboxylic acids is 1. The summed E-state index contributed by atoms with van der Waals surface area (Å²) in [7, 11) is 4.29. The summed E-state index contributed by atoms with van der Waals surface area (Å²) < 4.78 is 60.7. The maximum absolute atomic E-state index is 15.0. The Hall–Kier alpha value is -3.96. The molecule has 0 aliphatic rings. The topological polar surface area (TPSA) is 99.2 Å². The molecule has 1 aromatic carbocycles. The quantitative estimate of drug-likeness (QED) is 0.446. The maximum Gasteiger partial charge on any atom is 0.418 e. The first kappa shape index (κ1) is 23.2. The van der Waals surface area contributed by atoms with Gasteiger partial charge in [-0.05, 0) is 19.1 Å². The molecule has 2 N–H and O–H groups in total. The fourth-order valence-electron chi connectivity index (χ4n) is 3.78. The Balaban J connectivity index is 1.76. The van der Waals surface area contributed by atoms with Crippen LogP contribution in [0.4, 0.5) is 23.4 Å². The first-order valence-electron chi connectivity index (χ1n) is 10.0.